The van der Waals surface area contributed by atoms with Crippen molar-refractivity contribution in [2.75, 3.05) is 13.2 Å². The maximum absolute atomic E-state index is 12.8. The Kier molecular flexibility index (Phi) is 8.11. The van der Waals surface area contributed by atoms with Crippen molar-refractivity contribution >= 4 is 5.97 Å². The number of hydrogen-bond acceptors (Lipinski definition) is 7. The van der Waals surface area contributed by atoms with E-state index in [-0.39, 0.29) is 5.88 Å². The lowest BCUT2D eigenvalue weighted by Gasteiger charge is -2.26. The Hall–Kier alpha value is -4.70. The molecular weight excluding hydrogens is 468 g/mol. The van der Waals surface area contributed by atoms with Crippen molar-refractivity contribution in [3.8, 4) is 29.1 Å². The molecule has 1 atom stereocenters. The number of ether oxygens (including phenoxy) is 4. The first-order valence-corrected chi connectivity index (χ1v) is 12.0. The molecule has 1 heterocycles. The average Bonchev–Trinajstić information content (AvgIpc) is 2.91. The van der Waals surface area contributed by atoms with Crippen LogP contribution in [0.5, 0.6) is 23.0 Å². The number of allylic oxidation sites excluding steroid dienone is 1. The Balaban J connectivity index is 1.56. The normalized spacial score (nSPS) is 14.1. The zero-order valence-corrected chi connectivity index (χ0v) is 20.6. The Morgan fingerprint density at radius 1 is 1.08 bits per heavy atom. The number of esters is 1. The number of hydrogen-bond donors (Lipinski definition) is 1. The second-order valence-corrected chi connectivity index (χ2v) is 8.41. The molecule has 7 nitrogen and oxygen atoms in total. The van der Waals surface area contributed by atoms with Gasteiger partial charge in [0.2, 0.25) is 5.88 Å². The summed E-state index contributed by atoms with van der Waals surface area (Å²) in [5, 5.41) is 9.80. The summed E-state index contributed by atoms with van der Waals surface area (Å²) in [6, 6.07) is 21.5. The van der Waals surface area contributed by atoms with Crippen LogP contribution in [0.3, 0.4) is 0 Å². The predicted octanol–water partition coefficient (Wildman–Crippen LogP) is 5.87. The molecule has 0 aliphatic carbocycles. The van der Waals surface area contributed by atoms with Crippen LogP contribution in [0.15, 0.2) is 90.8 Å². The molecule has 0 spiro atoms. The van der Waals surface area contributed by atoms with Crippen LogP contribution in [0.25, 0.3) is 0 Å². The second-order valence-electron chi connectivity index (χ2n) is 8.41. The van der Waals surface area contributed by atoms with Crippen LogP contribution in [0.4, 0.5) is 0 Å². The minimum absolute atomic E-state index is 0.00684. The predicted molar refractivity (Wildman–Crippen MR) is 140 cm³/mol. The number of rotatable bonds is 10. The molecule has 0 fully saturated rings. The summed E-state index contributed by atoms with van der Waals surface area (Å²) in [4.78, 5) is 12.8. The topological polar surface area (TPSA) is 104 Å². The van der Waals surface area contributed by atoms with Crippen LogP contribution in [-0.4, -0.2) is 19.2 Å². The molecule has 3 aromatic rings. The third kappa shape index (κ3) is 5.93. The maximum atomic E-state index is 12.8. The molecule has 37 heavy (non-hydrogen) atoms. The lowest BCUT2D eigenvalue weighted by Crippen LogP contribution is -2.21. The van der Waals surface area contributed by atoms with Gasteiger partial charge in [-0.3, -0.25) is 0 Å². The summed E-state index contributed by atoms with van der Waals surface area (Å²) in [5.41, 5.74) is 8.37. The highest BCUT2D eigenvalue weighted by molar-refractivity contribution is 5.91. The summed E-state index contributed by atoms with van der Waals surface area (Å²) in [6.07, 6.45) is 3.62. The van der Waals surface area contributed by atoms with E-state index in [2.05, 4.69) is 19.6 Å². The molecule has 0 saturated heterocycles. The molecule has 188 valence electrons. The van der Waals surface area contributed by atoms with Gasteiger partial charge in [-0.1, -0.05) is 50.3 Å². The van der Waals surface area contributed by atoms with Crippen LogP contribution in [0.2, 0.25) is 0 Å². The number of nitrogens with two attached hydrogens (primary N) is 1. The lowest BCUT2D eigenvalue weighted by atomic mass is 9.83. The summed E-state index contributed by atoms with van der Waals surface area (Å²) in [7, 11) is 0. The van der Waals surface area contributed by atoms with Gasteiger partial charge in [-0.2, -0.15) is 5.26 Å². The van der Waals surface area contributed by atoms with Gasteiger partial charge in [0, 0.05) is 11.6 Å². The summed E-state index contributed by atoms with van der Waals surface area (Å²) in [5.74, 6) is 1.05. The fraction of sp³-hybridized carbons (Fsp3) is 0.200. The van der Waals surface area contributed by atoms with Crippen molar-refractivity contribution in [1.82, 2.24) is 0 Å². The maximum Gasteiger partial charge on any atom is 0.343 e. The highest BCUT2D eigenvalue weighted by atomic mass is 16.5. The third-order valence-electron chi connectivity index (χ3n) is 5.82. The van der Waals surface area contributed by atoms with Crippen LogP contribution in [0, 0.1) is 11.3 Å². The zero-order valence-electron chi connectivity index (χ0n) is 20.6. The molecule has 0 amide bonds. The van der Waals surface area contributed by atoms with Gasteiger partial charge in [-0.15, -0.1) is 0 Å². The van der Waals surface area contributed by atoms with Gasteiger partial charge in [-0.25, -0.2) is 4.79 Å². The van der Waals surface area contributed by atoms with Gasteiger partial charge in [0.25, 0.3) is 0 Å². The molecule has 7 heteroatoms. The highest BCUT2D eigenvalue weighted by Crippen LogP contribution is 2.43. The van der Waals surface area contributed by atoms with Gasteiger partial charge in [0.1, 0.15) is 41.2 Å². The van der Waals surface area contributed by atoms with Gasteiger partial charge >= 0.3 is 5.97 Å². The summed E-state index contributed by atoms with van der Waals surface area (Å²) in [6.45, 7) is 6.72. The monoisotopic (exact) mass is 496 g/mol. The molecule has 3 aromatic carbocycles. The Labute approximate surface area is 216 Å². The fourth-order valence-corrected chi connectivity index (χ4v) is 3.97. The first kappa shape index (κ1) is 25.4. The van der Waals surface area contributed by atoms with E-state index in [0.29, 0.717) is 47.3 Å². The van der Waals surface area contributed by atoms with Crippen LogP contribution in [-0.2, 0) is 0 Å². The van der Waals surface area contributed by atoms with E-state index in [1.807, 2.05) is 24.3 Å². The van der Waals surface area contributed by atoms with Crippen molar-refractivity contribution in [2.24, 2.45) is 5.73 Å². The Bertz CT molecular complexity index is 1360. The van der Waals surface area contributed by atoms with Crippen molar-refractivity contribution in [2.45, 2.75) is 25.7 Å². The number of carbonyl (C=O) groups excluding carboxylic acids is 1. The summed E-state index contributed by atoms with van der Waals surface area (Å²) >= 11 is 0. The number of benzene rings is 3. The molecule has 0 bridgehead atoms. The van der Waals surface area contributed by atoms with E-state index >= 15 is 0 Å². The quantitative estimate of drug-likeness (QED) is 0.162. The first-order chi connectivity index (χ1) is 18.0. The molecular formula is C30H28N2O5. The van der Waals surface area contributed by atoms with Crippen molar-refractivity contribution in [1.29, 1.82) is 5.26 Å². The van der Waals surface area contributed by atoms with Crippen LogP contribution in [0.1, 0.15) is 47.2 Å². The van der Waals surface area contributed by atoms with Gasteiger partial charge < -0.3 is 24.7 Å². The number of nitriles is 1. The molecule has 1 aliphatic heterocycles. The number of carbonyl (C=O) groups is 1. The number of unbranched alkanes of at least 4 members (excludes halogenated alkanes) is 1. The largest absolute Gasteiger partial charge is 0.494 e. The third-order valence-corrected chi connectivity index (χ3v) is 5.82. The van der Waals surface area contributed by atoms with Crippen LogP contribution < -0.4 is 24.7 Å². The van der Waals surface area contributed by atoms with Gasteiger partial charge in [0.05, 0.1) is 18.1 Å². The van der Waals surface area contributed by atoms with Crippen molar-refractivity contribution in [3.63, 3.8) is 0 Å². The zero-order chi connectivity index (χ0) is 26.2. The molecule has 0 aromatic heterocycles. The molecule has 2 N–H and O–H groups in total. The smallest absolute Gasteiger partial charge is 0.343 e. The van der Waals surface area contributed by atoms with Crippen molar-refractivity contribution < 1.29 is 23.7 Å². The molecule has 1 unspecified atom stereocenters. The van der Waals surface area contributed by atoms with E-state index in [4.69, 9.17) is 24.7 Å². The summed E-state index contributed by atoms with van der Waals surface area (Å²) < 4.78 is 22.6. The molecule has 4 rings (SSSR count). The van der Waals surface area contributed by atoms with E-state index in [9.17, 15) is 10.1 Å². The lowest BCUT2D eigenvalue weighted by molar-refractivity contribution is 0.0734. The van der Waals surface area contributed by atoms with E-state index in [1.54, 1.807) is 48.5 Å². The standard InChI is InChI=1S/C30H28N2O5/c1-3-5-16-35-23-8-6-7-21(17-23)30(33)36-24-13-14-25-27(18-24)37-29(32)26(19-31)28(25)20-9-11-22(12-10-20)34-15-4-2/h4,6-14,17-18,28H,2-3,5,15-16,32H2,1H3. The average molecular weight is 497 g/mol. The fourth-order valence-electron chi connectivity index (χ4n) is 3.97. The molecule has 1 aliphatic rings. The Morgan fingerprint density at radius 3 is 2.59 bits per heavy atom. The number of fused-ring (bicyclic) bond motifs is 1. The van der Waals surface area contributed by atoms with E-state index < -0.39 is 11.9 Å². The molecule has 0 radical (unpaired) electrons. The van der Waals surface area contributed by atoms with Crippen LogP contribution >= 0.6 is 0 Å². The van der Waals surface area contributed by atoms with Crippen molar-refractivity contribution in [3.05, 3.63) is 108 Å². The van der Waals surface area contributed by atoms with Gasteiger partial charge in [0.15, 0.2) is 0 Å². The minimum atomic E-state index is -0.524. The van der Waals surface area contributed by atoms with E-state index in [1.165, 1.54) is 0 Å². The SMILES string of the molecule is C=CCOc1ccc(C2C(C#N)=C(N)Oc3cc(OC(=O)c4cccc(OCCCC)c4)ccc32)cc1. The van der Waals surface area contributed by atoms with Gasteiger partial charge in [-0.05, 0) is 48.4 Å². The van der Waals surface area contributed by atoms with E-state index in [0.717, 1.165) is 24.0 Å². The second kappa shape index (κ2) is 11.8. The first-order valence-electron chi connectivity index (χ1n) is 12.0. The molecule has 0 saturated carbocycles. The highest BCUT2D eigenvalue weighted by Gasteiger charge is 2.31. The number of nitrogens with zero attached hydrogens (tertiary/aromatic N) is 1. The Morgan fingerprint density at radius 2 is 1.86 bits per heavy atom. The minimum Gasteiger partial charge on any atom is -0.494 e.